The van der Waals surface area contributed by atoms with Crippen LogP contribution in [-0.4, -0.2) is 23.1 Å². The van der Waals surface area contributed by atoms with Gasteiger partial charge in [0.05, 0.1) is 0 Å². The average Bonchev–Trinajstić information content (AvgIpc) is 3.24. The van der Waals surface area contributed by atoms with E-state index in [1.165, 1.54) is 12.8 Å². The number of methoxy groups -OCH3 is 1. The van der Waals surface area contributed by atoms with Crippen molar-refractivity contribution in [2.75, 3.05) is 7.11 Å². The lowest BCUT2D eigenvalue weighted by Crippen LogP contribution is -2.29. The van der Waals surface area contributed by atoms with Crippen molar-refractivity contribution in [3.05, 3.63) is 23.8 Å². The summed E-state index contributed by atoms with van der Waals surface area (Å²) < 4.78 is 5.63. The fourth-order valence-corrected chi connectivity index (χ4v) is 2.18. The van der Waals surface area contributed by atoms with Crippen LogP contribution >= 0.6 is 0 Å². The van der Waals surface area contributed by atoms with Crippen molar-refractivity contribution in [3.8, 4) is 0 Å². The molecule has 0 saturated heterocycles. The van der Waals surface area contributed by atoms with Crippen LogP contribution in [0.25, 0.3) is 0 Å². The predicted octanol–water partition coefficient (Wildman–Crippen LogP) is 2.39. The minimum Gasteiger partial charge on any atom is -0.370 e. The predicted molar refractivity (Wildman–Crippen MR) is 71.2 cm³/mol. The zero-order valence-corrected chi connectivity index (χ0v) is 11.6. The van der Waals surface area contributed by atoms with E-state index in [1.54, 1.807) is 7.11 Å². The molecule has 0 aromatic carbocycles. The van der Waals surface area contributed by atoms with E-state index in [4.69, 9.17) is 4.74 Å². The van der Waals surface area contributed by atoms with Crippen molar-refractivity contribution in [2.24, 2.45) is 0 Å². The first-order chi connectivity index (χ1) is 8.74. The molecule has 18 heavy (non-hydrogen) atoms. The van der Waals surface area contributed by atoms with Crippen LogP contribution in [0.3, 0.4) is 0 Å². The van der Waals surface area contributed by atoms with Crippen LogP contribution in [0.5, 0.6) is 0 Å². The number of rotatable bonds is 7. The first kappa shape index (κ1) is 13.4. The Hall–Kier alpha value is -1.00. The van der Waals surface area contributed by atoms with E-state index in [1.807, 2.05) is 12.4 Å². The first-order valence-corrected chi connectivity index (χ1v) is 6.84. The van der Waals surface area contributed by atoms with Crippen LogP contribution in [0, 0.1) is 0 Å². The number of nitrogens with zero attached hydrogens (tertiary/aromatic N) is 2. The molecule has 1 aliphatic carbocycles. The van der Waals surface area contributed by atoms with E-state index in [9.17, 15) is 0 Å². The third-order valence-electron chi connectivity index (χ3n) is 3.82. The van der Waals surface area contributed by atoms with Gasteiger partial charge in [-0.3, -0.25) is 0 Å². The largest absolute Gasteiger partial charge is 0.370 e. The Morgan fingerprint density at radius 2 is 1.89 bits per heavy atom. The molecule has 1 fully saturated rings. The SMILES string of the molecule is CCC(CC)(OC)c1ncc(CNC2CC2)cn1. The zero-order chi connectivity index (χ0) is 13.0. The molecule has 4 nitrogen and oxygen atoms in total. The van der Waals surface area contributed by atoms with Crippen molar-refractivity contribution in [2.45, 2.75) is 57.7 Å². The van der Waals surface area contributed by atoms with Crippen molar-refractivity contribution < 1.29 is 4.74 Å². The second kappa shape index (κ2) is 5.76. The van der Waals surface area contributed by atoms with E-state index < -0.39 is 0 Å². The highest BCUT2D eigenvalue weighted by Gasteiger charge is 2.31. The summed E-state index contributed by atoms with van der Waals surface area (Å²) in [5, 5.41) is 3.46. The number of nitrogens with one attached hydrogen (secondary N) is 1. The summed E-state index contributed by atoms with van der Waals surface area (Å²) in [5.41, 5.74) is 0.811. The van der Waals surface area contributed by atoms with Crippen molar-refractivity contribution in [1.29, 1.82) is 0 Å². The van der Waals surface area contributed by atoms with Crippen LogP contribution in [0.1, 0.15) is 50.9 Å². The van der Waals surface area contributed by atoms with Gasteiger partial charge in [-0.15, -0.1) is 0 Å². The van der Waals surface area contributed by atoms with E-state index >= 15 is 0 Å². The molecule has 1 aromatic heterocycles. The molecular formula is C14H23N3O. The van der Waals surface area contributed by atoms with Gasteiger partial charge >= 0.3 is 0 Å². The summed E-state index contributed by atoms with van der Waals surface area (Å²) in [6, 6.07) is 0.717. The highest BCUT2D eigenvalue weighted by Crippen LogP contribution is 2.29. The summed E-state index contributed by atoms with van der Waals surface area (Å²) >= 11 is 0. The normalized spacial score (nSPS) is 15.9. The molecule has 1 aromatic rings. The van der Waals surface area contributed by atoms with E-state index in [0.717, 1.165) is 30.8 Å². The molecule has 0 aliphatic heterocycles. The Bertz CT molecular complexity index is 361. The monoisotopic (exact) mass is 249 g/mol. The van der Waals surface area contributed by atoms with Crippen LogP contribution < -0.4 is 5.32 Å². The number of hydrogen-bond donors (Lipinski definition) is 1. The summed E-state index contributed by atoms with van der Waals surface area (Å²) in [7, 11) is 1.74. The zero-order valence-electron chi connectivity index (χ0n) is 11.6. The van der Waals surface area contributed by atoms with Gasteiger partial charge in [0.1, 0.15) is 5.60 Å². The fraction of sp³-hybridized carbons (Fsp3) is 0.714. The van der Waals surface area contributed by atoms with Gasteiger partial charge in [0, 0.05) is 37.7 Å². The van der Waals surface area contributed by atoms with Crippen molar-refractivity contribution >= 4 is 0 Å². The van der Waals surface area contributed by atoms with Crippen molar-refractivity contribution in [3.63, 3.8) is 0 Å². The van der Waals surface area contributed by atoms with Gasteiger partial charge in [-0.25, -0.2) is 9.97 Å². The van der Waals surface area contributed by atoms with Crippen LogP contribution in [0.4, 0.5) is 0 Å². The van der Waals surface area contributed by atoms with Gasteiger partial charge < -0.3 is 10.1 Å². The first-order valence-electron chi connectivity index (χ1n) is 6.84. The lowest BCUT2D eigenvalue weighted by atomic mass is 9.96. The van der Waals surface area contributed by atoms with E-state index in [2.05, 4.69) is 29.1 Å². The molecule has 0 unspecified atom stereocenters. The Morgan fingerprint density at radius 3 is 2.33 bits per heavy atom. The van der Waals surface area contributed by atoms with Crippen molar-refractivity contribution in [1.82, 2.24) is 15.3 Å². The highest BCUT2D eigenvalue weighted by atomic mass is 16.5. The second-order valence-corrected chi connectivity index (χ2v) is 4.98. The maximum absolute atomic E-state index is 5.63. The molecule has 1 aliphatic rings. The summed E-state index contributed by atoms with van der Waals surface area (Å²) in [6.45, 7) is 5.08. The van der Waals surface area contributed by atoms with Crippen LogP contribution in [0.2, 0.25) is 0 Å². The Kier molecular flexibility index (Phi) is 4.30. The molecule has 1 N–H and O–H groups in total. The topological polar surface area (TPSA) is 47.0 Å². The highest BCUT2D eigenvalue weighted by molar-refractivity contribution is 5.10. The third-order valence-corrected chi connectivity index (χ3v) is 3.82. The molecule has 0 radical (unpaired) electrons. The lowest BCUT2D eigenvalue weighted by Gasteiger charge is -2.28. The molecule has 1 heterocycles. The Morgan fingerprint density at radius 1 is 1.28 bits per heavy atom. The summed E-state index contributed by atoms with van der Waals surface area (Å²) in [4.78, 5) is 8.97. The molecule has 1 saturated carbocycles. The smallest absolute Gasteiger partial charge is 0.160 e. The standard InChI is InChI=1S/C14H23N3O/c1-4-14(5-2,18-3)13-16-9-11(10-17-13)8-15-12-6-7-12/h9-10,12,15H,4-8H2,1-3H3. The molecule has 4 heteroatoms. The molecule has 0 bridgehead atoms. The quantitative estimate of drug-likeness (QED) is 0.806. The van der Waals surface area contributed by atoms with Gasteiger partial charge in [0.25, 0.3) is 0 Å². The molecular weight excluding hydrogens is 226 g/mol. The Labute approximate surface area is 109 Å². The maximum Gasteiger partial charge on any atom is 0.160 e. The van der Waals surface area contributed by atoms with E-state index in [-0.39, 0.29) is 5.60 Å². The van der Waals surface area contributed by atoms with Crippen LogP contribution in [0.15, 0.2) is 12.4 Å². The van der Waals surface area contributed by atoms with Gasteiger partial charge in [-0.2, -0.15) is 0 Å². The third kappa shape index (κ3) is 2.87. The van der Waals surface area contributed by atoms with E-state index in [0.29, 0.717) is 6.04 Å². The number of aromatic nitrogens is 2. The second-order valence-electron chi connectivity index (χ2n) is 4.98. The van der Waals surface area contributed by atoms with Gasteiger partial charge in [-0.1, -0.05) is 13.8 Å². The molecule has 2 rings (SSSR count). The molecule has 100 valence electrons. The molecule has 0 spiro atoms. The van der Waals surface area contributed by atoms with Crippen LogP contribution in [-0.2, 0) is 16.9 Å². The van der Waals surface area contributed by atoms with Gasteiger partial charge in [-0.05, 0) is 25.7 Å². The Balaban J connectivity index is 2.04. The fourth-order valence-electron chi connectivity index (χ4n) is 2.18. The summed E-state index contributed by atoms with van der Waals surface area (Å²) in [6.07, 6.45) is 8.21. The van der Waals surface area contributed by atoms with Gasteiger partial charge in [0.2, 0.25) is 0 Å². The number of ether oxygens (including phenoxy) is 1. The number of hydrogen-bond acceptors (Lipinski definition) is 4. The maximum atomic E-state index is 5.63. The average molecular weight is 249 g/mol. The molecule has 0 atom stereocenters. The van der Waals surface area contributed by atoms with Gasteiger partial charge in [0.15, 0.2) is 5.82 Å². The minimum atomic E-state index is -0.331. The summed E-state index contributed by atoms with van der Waals surface area (Å²) in [5.74, 6) is 0.796. The molecule has 0 amide bonds. The minimum absolute atomic E-state index is 0.331. The lowest BCUT2D eigenvalue weighted by molar-refractivity contribution is -0.0292.